The second kappa shape index (κ2) is 9.03. The van der Waals surface area contributed by atoms with Crippen LogP contribution >= 0.6 is 0 Å². The van der Waals surface area contributed by atoms with Crippen LogP contribution in [0.2, 0.25) is 0 Å². The molecule has 0 radical (unpaired) electrons. The lowest BCUT2D eigenvalue weighted by Crippen LogP contribution is -2.57. The van der Waals surface area contributed by atoms with E-state index in [9.17, 15) is 4.39 Å². The highest BCUT2D eigenvalue weighted by atomic mass is 19.1. The number of nitrogens with zero attached hydrogens (tertiary/aromatic N) is 5. The summed E-state index contributed by atoms with van der Waals surface area (Å²) in [4.78, 5) is 11.5. The Hall–Kier alpha value is -2.71. The maximum atomic E-state index is 13.7. The fraction of sp³-hybridized carbons (Fsp3) is 0.500. The minimum Gasteiger partial charge on any atom is -0.477 e. The quantitative estimate of drug-likeness (QED) is 0.583. The van der Waals surface area contributed by atoms with E-state index in [0.29, 0.717) is 30.0 Å². The Morgan fingerprint density at radius 2 is 2.06 bits per heavy atom. The molecule has 0 unspecified atom stereocenters. The highest BCUT2D eigenvalue weighted by Gasteiger charge is 2.34. The largest absolute Gasteiger partial charge is 0.477 e. The summed E-state index contributed by atoms with van der Waals surface area (Å²) in [5.41, 5.74) is 1.65. The molecule has 1 aromatic carbocycles. The summed E-state index contributed by atoms with van der Waals surface area (Å²) in [7, 11) is 4.08. The zero-order valence-electron chi connectivity index (χ0n) is 18.7. The van der Waals surface area contributed by atoms with Crippen LogP contribution in [0, 0.1) is 11.7 Å². The molecule has 0 saturated carbocycles. The highest BCUT2D eigenvalue weighted by molar-refractivity contribution is 5.88. The monoisotopic (exact) mass is 439 g/mol. The lowest BCUT2D eigenvalue weighted by atomic mass is 9.91. The van der Waals surface area contributed by atoms with Gasteiger partial charge in [0.15, 0.2) is 11.4 Å². The first-order valence-corrected chi connectivity index (χ1v) is 11.3. The van der Waals surface area contributed by atoms with E-state index in [-0.39, 0.29) is 5.82 Å². The van der Waals surface area contributed by atoms with E-state index < -0.39 is 0 Å². The van der Waals surface area contributed by atoms with E-state index in [4.69, 9.17) is 9.26 Å². The summed E-state index contributed by atoms with van der Waals surface area (Å²) in [6, 6.07) is 11.0. The van der Waals surface area contributed by atoms with Crippen LogP contribution in [0.1, 0.15) is 18.5 Å². The third-order valence-electron chi connectivity index (χ3n) is 6.44. The maximum absolute atomic E-state index is 13.7. The number of rotatable bonds is 6. The Morgan fingerprint density at radius 3 is 2.94 bits per heavy atom. The molecular formula is C24H30FN5O2. The number of pyridine rings is 1. The van der Waals surface area contributed by atoms with Crippen molar-refractivity contribution >= 4 is 16.8 Å². The molecule has 5 rings (SSSR count). The van der Waals surface area contributed by atoms with Crippen LogP contribution in [0.3, 0.4) is 0 Å². The van der Waals surface area contributed by atoms with Crippen molar-refractivity contribution in [3.8, 4) is 5.88 Å². The van der Waals surface area contributed by atoms with Crippen molar-refractivity contribution in [1.82, 2.24) is 19.9 Å². The fourth-order valence-electron chi connectivity index (χ4n) is 4.87. The van der Waals surface area contributed by atoms with Crippen LogP contribution in [-0.4, -0.2) is 72.9 Å². The van der Waals surface area contributed by atoms with Gasteiger partial charge in [-0.05, 0) is 51.2 Å². The zero-order valence-corrected chi connectivity index (χ0v) is 18.7. The lowest BCUT2D eigenvalue weighted by Gasteiger charge is -2.46. The number of benzene rings is 1. The van der Waals surface area contributed by atoms with Crippen molar-refractivity contribution in [2.45, 2.75) is 25.4 Å². The molecule has 170 valence electrons. The second-order valence-corrected chi connectivity index (χ2v) is 9.20. The Balaban J connectivity index is 1.17. The van der Waals surface area contributed by atoms with Crippen molar-refractivity contribution in [2.24, 2.45) is 5.92 Å². The van der Waals surface area contributed by atoms with E-state index in [1.807, 2.05) is 32.3 Å². The molecule has 3 aromatic rings. The van der Waals surface area contributed by atoms with Crippen LogP contribution in [0.15, 0.2) is 40.9 Å². The van der Waals surface area contributed by atoms with E-state index >= 15 is 0 Å². The third-order valence-corrected chi connectivity index (χ3v) is 6.44. The topological polar surface area (TPSA) is 57.9 Å². The van der Waals surface area contributed by atoms with Gasteiger partial charge in [-0.2, -0.15) is 0 Å². The predicted octanol–water partition coefficient (Wildman–Crippen LogP) is 3.40. The van der Waals surface area contributed by atoms with Crippen molar-refractivity contribution in [1.29, 1.82) is 0 Å². The number of halogens is 1. The smallest absolute Gasteiger partial charge is 0.213 e. The summed E-state index contributed by atoms with van der Waals surface area (Å²) in [6.07, 6.45) is 2.24. The van der Waals surface area contributed by atoms with Crippen LogP contribution in [-0.2, 0) is 6.54 Å². The Morgan fingerprint density at radius 1 is 1.16 bits per heavy atom. The molecule has 0 N–H and O–H groups in total. The first kappa shape index (κ1) is 21.2. The lowest BCUT2D eigenvalue weighted by molar-refractivity contribution is 0.0716. The number of aromatic nitrogens is 2. The molecule has 4 heterocycles. The average Bonchev–Trinajstić information content (AvgIpc) is 3.20. The van der Waals surface area contributed by atoms with E-state index in [1.165, 1.54) is 12.1 Å². The number of piperazine rings is 1. The Kier molecular flexibility index (Phi) is 5.97. The van der Waals surface area contributed by atoms with Gasteiger partial charge in [-0.25, -0.2) is 9.37 Å². The molecule has 0 bridgehead atoms. The molecule has 0 aliphatic carbocycles. The van der Waals surface area contributed by atoms with Gasteiger partial charge in [-0.1, -0.05) is 11.2 Å². The molecule has 0 amide bonds. The first-order chi connectivity index (χ1) is 15.5. The molecule has 2 atom stereocenters. The molecule has 2 aliphatic rings. The minimum atomic E-state index is -0.261. The van der Waals surface area contributed by atoms with Crippen molar-refractivity contribution in [3.63, 3.8) is 0 Å². The van der Waals surface area contributed by atoms with Crippen LogP contribution in [0.4, 0.5) is 10.2 Å². The third kappa shape index (κ3) is 4.56. The second-order valence-electron chi connectivity index (χ2n) is 9.20. The van der Waals surface area contributed by atoms with Gasteiger partial charge in [0, 0.05) is 50.7 Å². The molecule has 2 fully saturated rings. The summed E-state index contributed by atoms with van der Waals surface area (Å²) in [6.45, 7) is 5.24. The average molecular weight is 440 g/mol. The minimum absolute atomic E-state index is 0.261. The molecule has 0 spiro atoms. The Labute approximate surface area is 187 Å². The first-order valence-electron chi connectivity index (χ1n) is 11.3. The standard InChI is InChI=1S/C24H30FN5O2/c1-28(2)14-19-4-3-5-23(26-19)31-16-17-6-8-20-15-30(11-10-29(20)13-17)24-21-12-18(25)7-9-22(21)32-27-24/h3-5,7,9,12,17,20H,6,8,10-11,13-16H2,1-2H3/t17-,20-/m0/s1. The number of fused-ring (bicyclic) bond motifs is 2. The van der Waals surface area contributed by atoms with Crippen LogP contribution in [0.5, 0.6) is 5.88 Å². The van der Waals surface area contributed by atoms with Crippen molar-refractivity contribution < 1.29 is 13.7 Å². The number of anilines is 1. The molecule has 8 heteroatoms. The number of piperidine rings is 1. The fourth-order valence-corrected chi connectivity index (χ4v) is 4.87. The van der Waals surface area contributed by atoms with Gasteiger partial charge in [0.2, 0.25) is 5.88 Å². The summed E-state index contributed by atoms with van der Waals surface area (Å²) >= 11 is 0. The van der Waals surface area contributed by atoms with Gasteiger partial charge in [0.25, 0.3) is 0 Å². The zero-order chi connectivity index (χ0) is 22.1. The molecule has 7 nitrogen and oxygen atoms in total. The van der Waals surface area contributed by atoms with E-state index in [2.05, 4.69) is 24.8 Å². The molecule has 32 heavy (non-hydrogen) atoms. The summed E-state index contributed by atoms with van der Waals surface area (Å²) in [5.74, 6) is 1.71. The molecule has 2 aromatic heterocycles. The normalized spacial score (nSPS) is 21.8. The van der Waals surface area contributed by atoms with Gasteiger partial charge in [-0.3, -0.25) is 4.90 Å². The Bertz CT molecular complexity index is 1070. The molecular weight excluding hydrogens is 409 g/mol. The van der Waals surface area contributed by atoms with E-state index in [1.54, 1.807) is 6.07 Å². The summed E-state index contributed by atoms with van der Waals surface area (Å²) in [5, 5.41) is 4.99. The van der Waals surface area contributed by atoms with Gasteiger partial charge in [0.05, 0.1) is 17.7 Å². The highest BCUT2D eigenvalue weighted by Crippen LogP contribution is 2.31. The number of ether oxygens (including phenoxy) is 1. The predicted molar refractivity (Wildman–Crippen MR) is 121 cm³/mol. The number of hydrogen-bond acceptors (Lipinski definition) is 7. The SMILES string of the molecule is CN(C)Cc1cccc(OC[C@H]2CC[C@H]3CN(c4noc5ccc(F)cc45)CCN3C2)n1. The van der Waals surface area contributed by atoms with Gasteiger partial charge in [0.1, 0.15) is 5.82 Å². The number of hydrogen-bond donors (Lipinski definition) is 0. The van der Waals surface area contributed by atoms with Crippen molar-refractivity contribution in [3.05, 3.63) is 47.9 Å². The van der Waals surface area contributed by atoms with Gasteiger partial charge >= 0.3 is 0 Å². The van der Waals surface area contributed by atoms with Gasteiger partial charge < -0.3 is 19.1 Å². The van der Waals surface area contributed by atoms with Crippen molar-refractivity contribution in [2.75, 3.05) is 51.8 Å². The van der Waals surface area contributed by atoms with E-state index in [0.717, 1.165) is 62.5 Å². The van der Waals surface area contributed by atoms with Crippen LogP contribution < -0.4 is 9.64 Å². The summed E-state index contributed by atoms with van der Waals surface area (Å²) < 4.78 is 25.2. The van der Waals surface area contributed by atoms with Gasteiger partial charge in [-0.15, -0.1) is 0 Å². The maximum Gasteiger partial charge on any atom is 0.213 e. The van der Waals surface area contributed by atoms with Crippen LogP contribution in [0.25, 0.3) is 11.0 Å². The molecule has 2 aliphatic heterocycles. The molecule has 2 saturated heterocycles.